The predicted molar refractivity (Wildman–Crippen MR) is 70.1 cm³/mol. The quantitative estimate of drug-likeness (QED) is 0.594. The van der Waals surface area contributed by atoms with Gasteiger partial charge in [-0.1, -0.05) is 11.6 Å². The Morgan fingerprint density at radius 2 is 2.11 bits per heavy atom. The summed E-state index contributed by atoms with van der Waals surface area (Å²) in [6.45, 7) is 3.20. The van der Waals surface area contributed by atoms with Crippen molar-refractivity contribution >= 4 is 23.9 Å². The smallest absolute Gasteiger partial charge is 0.344 e. The van der Waals surface area contributed by atoms with Crippen LogP contribution in [0.15, 0.2) is 12.1 Å². The maximum absolute atomic E-state index is 11.4. The van der Waals surface area contributed by atoms with Gasteiger partial charge in [0.1, 0.15) is 6.29 Å². The van der Waals surface area contributed by atoms with Gasteiger partial charge in [0.15, 0.2) is 18.1 Å². The molecule has 0 fully saturated rings. The Hall–Kier alpha value is -1.75. The van der Waals surface area contributed by atoms with E-state index in [2.05, 4.69) is 0 Å². The highest BCUT2D eigenvalue weighted by Crippen LogP contribution is 2.35. The molecular formula is C13H15ClO5. The molecule has 1 aromatic carbocycles. The van der Waals surface area contributed by atoms with Gasteiger partial charge in [-0.2, -0.15) is 0 Å². The first-order chi connectivity index (χ1) is 8.97. The largest absolute Gasteiger partial charge is 0.493 e. The van der Waals surface area contributed by atoms with E-state index >= 15 is 0 Å². The fourth-order valence-corrected chi connectivity index (χ4v) is 1.65. The van der Waals surface area contributed by atoms with E-state index in [1.807, 2.05) is 0 Å². The minimum atomic E-state index is -0.507. The van der Waals surface area contributed by atoms with Crippen molar-refractivity contribution in [2.24, 2.45) is 0 Å². The molecule has 6 heteroatoms. The third-order valence-corrected chi connectivity index (χ3v) is 2.37. The van der Waals surface area contributed by atoms with Gasteiger partial charge in [0.25, 0.3) is 0 Å². The summed E-state index contributed by atoms with van der Waals surface area (Å²) in [5.74, 6) is -0.0185. The van der Waals surface area contributed by atoms with Crippen LogP contribution in [-0.4, -0.2) is 32.1 Å². The molecule has 0 heterocycles. The van der Waals surface area contributed by atoms with Crippen LogP contribution in [0.25, 0.3) is 0 Å². The van der Waals surface area contributed by atoms with Crippen molar-refractivity contribution in [1.29, 1.82) is 0 Å². The van der Waals surface area contributed by atoms with E-state index < -0.39 is 5.97 Å². The van der Waals surface area contributed by atoms with Gasteiger partial charge in [-0.15, -0.1) is 0 Å². The van der Waals surface area contributed by atoms with E-state index in [1.165, 1.54) is 19.2 Å². The van der Waals surface area contributed by atoms with Gasteiger partial charge in [-0.3, -0.25) is 4.79 Å². The molecule has 0 bridgehead atoms. The molecule has 0 aliphatic rings. The molecular weight excluding hydrogens is 272 g/mol. The van der Waals surface area contributed by atoms with E-state index in [9.17, 15) is 9.59 Å². The van der Waals surface area contributed by atoms with Crippen LogP contribution in [0.5, 0.6) is 11.5 Å². The van der Waals surface area contributed by atoms with Gasteiger partial charge in [-0.25, -0.2) is 4.79 Å². The Labute approximate surface area is 116 Å². The molecule has 0 saturated carbocycles. The van der Waals surface area contributed by atoms with E-state index in [4.69, 9.17) is 25.8 Å². The van der Waals surface area contributed by atoms with Crippen molar-refractivity contribution in [3.8, 4) is 11.5 Å². The standard InChI is InChI=1S/C13H15ClO5/c1-8(2)19-12(16)7-18-13-10(14)4-9(6-15)5-11(13)17-3/h4-6,8H,7H2,1-3H3. The van der Waals surface area contributed by atoms with Crippen LogP contribution in [-0.2, 0) is 9.53 Å². The lowest BCUT2D eigenvalue weighted by atomic mass is 10.2. The Morgan fingerprint density at radius 1 is 1.42 bits per heavy atom. The summed E-state index contributed by atoms with van der Waals surface area (Å²) in [6.07, 6.45) is 0.427. The Kier molecular flexibility index (Phi) is 5.63. The highest BCUT2D eigenvalue weighted by atomic mass is 35.5. The van der Waals surface area contributed by atoms with Gasteiger partial charge >= 0.3 is 5.97 Å². The fourth-order valence-electron chi connectivity index (χ4n) is 1.38. The molecule has 0 spiro atoms. The first-order valence-electron chi connectivity index (χ1n) is 5.63. The molecule has 19 heavy (non-hydrogen) atoms. The lowest BCUT2D eigenvalue weighted by molar-refractivity contribution is -0.149. The number of esters is 1. The highest BCUT2D eigenvalue weighted by molar-refractivity contribution is 6.32. The van der Waals surface area contributed by atoms with Crippen LogP contribution >= 0.6 is 11.6 Å². The molecule has 0 amide bonds. The van der Waals surface area contributed by atoms with Crippen LogP contribution < -0.4 is 9.47 Å². The number of halogens is 1. The van der Waals surface area contributed by atoms with Gasteiger partial charge in [-0.05, 0) is 26.0 Å². The van der Waals surface area contributed by atoms with Crippen LogP contribution in [0.1, 0.15) is 24.2 Å². The average molecular weight is 287 g/mol. The topological polar surface area (TPSA) is 61.8 Å². The van der Waals surface area contributed by atoms with E-state index in [1.54, 1.807) is 13.8 Å². The average Bonchev–Trinajstić information content (AvgIpc) is 2.35. The van der Waals surface area contributed by atoms with Gasteiger partial charge in [0.05, 0.1) is 18.2 Å². The maximum Gasteiger partial charge on any atom is 0.344 e. The molecule has 0 N–H and O–H groups in total. The lowest BCUT2D eigenvalue weighted by Gasteiger charge is -2.13. The van der Waals surface area contributed by atoms with Crippen LogP contribution in [0.3, 0.4) is 0 Å². The molecule has 104 valence electrons. The number of aldehydes is 1. The first-order valence-corrected chi connectivity index (χ1v) is 6.00. The summed E-state index contributed by atoms with van der Waals surface area (Å²) in [6, 6.07) is 2.90. The number of benzene rings is 1. The summed E-state index contributed by atoms with van der Waals surface area (Å²) < 4.78 is 15.3. The Morgan fingerprint density at radius 3 is 2.63 bits per heavy atom. The van der Waals surface area contributed by atoms with Crippen molar-refractivity contribution in [2.45, 2.75) is 20.0 Å². The number of rotatable bonds is 6. The normalized spacial score (nSPS) is 10.2. The Bertz CT molecular complexity index is 470. The number of hydrogen-bond acceptors (Lipinski definition) is 5. The molecule has 0 aliphatic heterocycles. The molecule has 0 unspecified atom stereocenters. The van der Waals surface area contributed by atoms with Crippen molar-refractivity contribution in [1.82, 2.24) is 0 Å². The van der Waals surface area contributed by atoms with Gasteiger partial charge in [0.2, 0.25) is 0 Å². The zero-order valence-electron chi connectivity index (χ0n) is 10.9. The molecule has 0 radical (unpaired) electrons. The van der Waals surface area contributed by atoms with E-state index in [0.717, 1.165) is 0 Å². The third kappa shape index (κ3) is 4.44. The van der Waals surface area contributed by atoms with Crippen LogP contribution in [0.4, 0.5) is 0 Å². The Balaban J connectivity index is 2.83. The molecule has 0 atom stereocenters. The van der Waals surface area contributed by atoms with Gasteiger partial charge < -0.3 is 14.2 Å². The number of hydrogen-bond donors (Lipinski definition) is 0. The number of ether oxygens (including phenoxy) is 3. The van der Waals surface area contributed by atoms with Crippen molar-refractivity contribution in [3.63, 3.8) is 0 Å². The molecule has 5 nitrogen and oxygen atoms in total. The predicted octanol–water partition coefficient (Wildman–Crippen LogP) is 2.49. The monoisotopic (exact) mass is 286 g/mol. The first kappa shape index (κ1) is 15.3. The summed E-state index contributed by atoms with van der Waals surface area (Å²) in [5.41, 5.74) is 0.360. The van der Waals surface area contributed by atoms with Crippen LogP contribution in [0.2, 0.25) is 5.02 Å². The molecule has 0 saturated heterocycles. The second-order valence-electron chi connectivity index (χ2n) is 3.98. The third-order valence-electron chi connectivity index (χ3n) is 2.09. The van der Waals surface area contributed by atoms with Crippen molar-refractivity contribution < 1.29 is 23.8 Å². The van der Waals surface area contributed by atoms with Gasteiger partial charge in [0, 0.05) is 5.56 Å². The van der Waals surface area contributed by atoms with Crippen molar-refractivity contribution in [3.05, 3.63) is 22.7 Å². The highest BCUT2D eigenvalue weighted by Gasteiger charge is 2.14. The fraction of sp³-hybridized carbons (Fsp3) is 0.385. The summed E-state index contributed by atoms with van der Waals surface area (Å²) in [5, 5.41) is 0.193. The zero-order chi connectivity index (χ0) is 14.4. The SMILES string of the molecule is COc1cc(C=O)cc(Cl)c1OCC(=O)OC(C)C. The second kappa shape index (κ2) is 6.99. The summed E-state index contributed by atoms with van der Waals surface area (Å²) >= 11 is 5.97. The minimum absolute atomic E-state index is 0.193. The summed E-state index contributed by atoms with van der Waals surface area (Å²) in [7, 11) is 1.42. The van der Waals surface area contributed by atoms with E-state index in [-0.39, 0.29) is 29.2 Å². The molecule has 0 aliphatic carbocycles. The molecule has 0 aromatic heterocycles. The number of carbonyl (C=O) groups excluding carboxylic acids is 2. The summed E-state index contributed by atoms with van der Waals surface area (Å²) in [4.78, 5) is 22.1. The minimum Gasteiger partial charge on any atom is -0.493 e. The number of methoxy groups -OCH3 is 1. The van der Waals surface area contributed by atoms with Crippen LogP contribution in [0, 0.1) is 0 Å². The zero-order valence-corrected chi connectivity index (χ0v) is 11.7. The molecule has 1 aromatic rings. The lowest BCUT2D eigenvalue weighted by Crippen LogP contribution is -2.19. The maximum atomic E-state index is 11.4. The number of carbonyl (C=O) groups is 2. The van der Waals surface area contributed by atoms with Crippen molar-refractivity contribution in [2.75, 3.05) is 13.7 Å². The second-order valence-corrected chi connectivity index (χ2v) is 4.39. The molecule has 1 rings (SSSR count). The van der Waals surface area contributed by atoms with E-state index in [0.29, 0.717) is 11.8 Å².